The van der Waals surface area contributed by atoms with Gasteiger partial charge in [0.1, 0.15) is 6.33 Å². The first kappa shape index (κ1) is 18.2. The second-order valence-electron chi connectivity index (χ2n) is 9.29. The number of nitrogens with one attached hydrogen (secondary N) is 1. The Morgan fingerprint density at radius 1 is 1.14 bits per heavy atom. The highest BCUT2D eigenvalue weighted by Crippen LogP contribution is 2.55. The number of aryl methyl sites for hydroxylation is 2. The number of carbonyl (C=O) groups excluding carboxylic acids is 1. The molecule has 148 valence electrons. The summed E-state index contributed by atoms with van der Waals surface area (Å²) in [5, 5.41) is 12.5. The molecule has 1 aromatic carbocycles. The predicted molar refractivity (Wildman–Crippen MR) is 111 cm³/mol. The molecule has 28 heavy (non-hydrogen) atoms. The monoisotopic (exact) mass is 396 g/mol. The van der Waals surface area contributed by atoms with Crippen molar-refractivity contribution in [2.75, 3.05) is 5.75 Å². The Morgan fingerprint density at radius 2 is 1.82 bits per heavy atom. The summed E-state index contributed by atoms with van der Waals surface area (Å²) in [4.78, 5) is 12.8. The highest BCUT2D eigenvalue weighted by atomic mass is 32.2. The average Bonchev–Trinajstić information content (AvgIpc) is 3.09. The Hall–Kier alpha value is -1.82. The Kier molecular flexibility index (Phi) is 4.49. The molecule has 0 radical (unpaired) electrons. The van der Waals surface area contributed by atoms with Gasteiger partial charge in [0, 0.05) is 11.2 Å². The van der Waals surface area contributed by atoms with Crippen molar-refractivity contribution in [2.45, 2.75) is 63.1 Å². The molecule has 5 nitrogen and oxygen atoms in total. The SMILES string of the molecule is Cc1ccc(-n2cnnc2SCC(=O)NC23CC4CC(CC(C4)C2)C3)cc1C. The van der Waals surface area contributed by atoms with Gasteiger partial charge in [0.2, 0.25) is 5.91 Å². The summed E-state index contributed by atoms with van der Waals surface area (Å²) in [6.45, 7) is 4.21. The lowest BCUT2D eigenvalue weighted by Gasteiger charge is -2.56. The topological polar surface area (TPSA) is 59.8 Å². The fourth-order valence-electron chi connectivity index (χ4n) is 6.10. The maximum absolute atomic E-state index is 12.8. The molecule has 4 saturated carbocycles. The standard InChI is InChI=1S/C22H28N4OS/c1-14-3-4-19(5-15(14)2)26-13-23-25-21(26)28-12-20(27)24-22-9-16-6-17(10-22)8-18(7-16)11-22/h3-5,13,16-18H,6-12H2,1-2H3,(H,24,27). The van der Waals surface area contributed by atoms with Crippen LogP contribution in [0.15, 0.2) is 29.7 Å². The third-order valence-corrected chi connectivity index (χ3v) is 8.00. The smallest absolute Gasteiger partial charge is 0.230 e. The third kappa shape index (κ3) is 3.36. The highest BCUT2D eigenvalue weighted by Gasteiger charge is 2.51. The maximum atomic E-state index is 12.8. The van der Waals surface area contributed by atoms with Crippen LogP contribution in [-0.4, -0.2) is 32.0 Å². The van der Waals surface area contributed by atoms with Gasteiger partial charge in [0.15, 0.2) is 5.16 Å². The van der Waals surface area contributed by atoms with Gasteiger partial charge >= 0.3 is 0 Å². The summed E-state index contributed by atoms with van der Waals surface area (Å²) in [6, 6.07) is 6.32. The number of rotatable bonds is 5. The minimum Gasteiger partial charge on any atom is -0.350 e. The van der Waals surface area contributed by atoms with Crippen LogP contribution in [0.5, 0.6) is 0 Å². The van der Waals surface area contributed by atoms with E-state index < -0.39 is 0 Å². The van der Waals surface area contributed by atoms with Crippen molar-refractivity contribution in [1.82, 2.24) is 20.1 Å². The van der Waals surface area contributed by atoms with Gasteiger partial charge in [-0.05, 0) is 93.4 Å². The molecule has 6 heteroatoms. The quantitative estimate of drug-likeness (QED) is 0.774. The molecule has 1 amide bonds. The van der Waals surface area contributed by atoms with E-state index in [2.05, 4.69) is 47.6 Å². The number of thioether (sulfide) groups is 1. The molecule has 0 atom stereocenters. The van der Waals surface area contributed by atoms with Gasteiger partial charge in [-0.1, -0.05) is 17.8 Å². The molecule has 4 aliphatic carbocycles. The van der Waals surface area contributed by atoms with Crippen LogP contribution in [0.1, 0.15) is 49.7 Å². The summed E-state index contributed by atoms with van der Waals surface area (Å²) in [5.74, 6) is 3.05. The van der Waals surface area contributed by atoms with E-state index in [0.29, 0.717) is 5.75 Å². The lowest BCUT2D eigenvalue weighted by atomic mass is 9.53. The lowest BCUT2D eigenvalue weighted by molar-refractivity contribution is -0.124. The number of carbonyl (C=O) groups is 1. The second-order valence-corrected chi connectivity index (χ2v) is 10.2. The molecule has 4 bridgehead atoms. The molecule has 6 rings (SSSR count). The van der Waals surface area contributed by atoms with Gasteiger partial charge in [-0.15, -0.1) is 10.2 Å². The number of nitrogens with zero attached hydrogens (tertiary/aromatic N) is 3. The Balaban J connectivity index is 1.24. The molecule has 1 heterocycles. The van der Waals surface area contributed by atoms with Gasteiger partial charge in [0.05, 0.1) is 5.75 Å². The summed E-state index contributed by atoms with van der Waals surface area (Å²) in [5.41, 5.74) is 3.62. The zero-order valence-corrected chi connectivity index (χ0v) is 17.5. The number of hydrogen-bond donors (Lipinski definition) is 1. The van der Waals surface area contributed by atoms with Crippen LogP contribution in [-0.2, 0) is 4.79 Å². The van der Waals surface area contributed by atoms with Crippen molar-refractivity contribution >= 4 is 17.7 Å². The second kappa shape index (κ2) is 6.90. The first-order valence-corrected chi connectivity index (χ1v) is 11.4. The number of aromatic nitrogens is 3. The summed E-state index contributed by atoms with van der Waals surface area (Å²) in [6.07, 6.45) is 9.47. The van der Waals surface area contributed by atoms with E-state index in [9.17, 15) is 4.79 Å². The molecule has 1 N–H and O–H groups in total. The predicted octanol–water partition coefficient (Wildman–Crippen LogP) is 4.06. The van der Waals surface area contributed by atoms with Crippen molar-refractivity contribution in [3.8, 4) is 5.69 Å². The number of hydrogen-bond acceptors (Lipinski definition) is 4. The molecule has 1 aromatic heterocycles. The van der Waals surface area contributed by atoms with Crippen LogP contribution in [0.25, 0.3) is 5.69 Å². The van der Waals surface area contributed by atoms with Gasteiger partial charge in [-0.25, -0.2) is 0 Å². The van der Waals surface area contributed by atoms with Crippen molar-refractivity contribution in [1.29, 1.82) is 0 Å². The van der Waals surface area contributed by atoms with Crippen molar-refractivity contribution in [2.24, 2.45) is 17.8 Å². The van der Waals surface area contributed by atoms with E-state index in [1.54, 1.807) is 6.33 Å². The minimum absolute atomic E-state index is 0.0775. The van der Waals surface area contributed by atoms with E-state index in [-0.39, 0.29) is 11.4 Å². The molecule has 4 fully saturated rings. The van der Waals surface area contributed by atoms with Gasteiger partial charge in [0.25, 0.3) is 0 Å². The first-order chi connectivity index (χ1) is 13.5. The van der Waals surface area contributed by atoms with Gasteiger partial charge in [-0.3, -0.25) is 9.36 Å². The Morgan fingerprint density at radius 3 is 2.46 bits per heavy atom. The van der Waals surface area contributed by atoms with Crippen LogP contribution in [0.2, 0.25) is 0 Å². The largest absolute Gasteiger partial charge is 0.350 e. The van der Waals surface area contributed by atoms with Crippen LogP contribution < -0.4 is 5.32 Å². The fraction of sp³-hybridized carbons (Fsp3) is 0.591. The van der Waals surface area contributed by atoms with E-state index in [0.717, 1.165) is 28.6 Å². The van der Waals surface area contributed by atoms with Crippen LogP contribution >= 0.6 is 11.8 Å². The van der Waals surface area contributed by atoms with E-state index in [1.807, 2.05) is 4.57 Å². The normalized spacial score (nSPS) is 30.6. The van der Waals surface area contributed by atoms with E-state index in [1.165, 1.54) is 61.4 Å². The first-order valence-electron chi connectivity index (χ1n) is 10.4. The van der Waals surface area contributed by atoms with Gasteiger partial charge < -0.3 is 5.32 Å². The third-order valence-electron chi connectivity index (χ3n) is 7.06. The van der Waals surface area contributed by atoms with Gasteiger partial charge in [-0.2, -0.15) is 0 Å². The molecule has 2 aromatic rings. The zero-order valence-electron chi connectivity index (χ0n) is 16.6. The minimum atomic E-state index is 0.0775. The molecule has 0 aliphatic heterocycles. The molecule has 0 saturated heterocycles. The maximum Gasteiger partial charge on any atom is 0.230 e. The van der Waals surface area contributed by atoms with Crippen molar-refractivity contribution in [3.63, 3.8) is 0 Å². The van der Waals surface area contributed by atoms with Crippen LogP contribution in [0.4, 0.5) is 0 Å². The van der Waals surface area contributed by atoms with E-state index in [4.69, 9.17) is 0 Å². The molecule has 0 unspecified atom stereocenters. The average molecular weight is 397 g/mol. The Labute approximate surface area is 170 Å². The number of benzene rings is 1. The van der Waals surface area contributed by atoms with Crippen molar-refractivity contribution in [3.05, 3.63) is 35.7 Å². The Bertz CT molecular complexity index is 870. The van der Waals surface area contributed by atoms with Crippen LogP contribution in [0.3, 0.4) is 0 Å². The lowest BCUT2D eigenvalue weighted by Crippen LogP contribution is -2.60. The molecular formula is C22H28N4OS. The van der Waals surface area contributed by atoms with Crippen LogP contribution in [0, 0.1) is 31.6 Å². The highest BCUT2D eigenvalue weighted by molar-refractivity contribution is 7.99. The zero-order chi connectivity index (χ0) is 19.3. The summed E-state index contributed by atoms with van der Waals surface area (Å²) < 4.78 is 1.97. The molecular weight excluding hydrogens is 368 g/mol. The molecule has 4 aliphatic rings. The number of amides is 1. The fourth-order valence-corrected chi connectivity index (χ4v) is 6.83. The van der Waals surface area contributed by atoms with Crippen molar-refractivity contribution < 1.29 is 4.79 Å². The molecule has 0 spiro atoms. The van der Waals surface area contributed by atoms with E-state index >= 15 is 0 Å². The summed E-state index contributed by atoms with van der Waals surface area (Å²) in [7, 11) is 0. The summed E-state index contributed by atoms with van der Waals surface area (Å²) >= 11 is 1.47.